The molecule has 1 aliphatic rings. The van der Waals surface area contributed by atoms with E-state index in [1.54, 1.807) is 0 Å². The fraction of sp³-hybridized carbons (Fsp3) is 0.533. The second-order valence-electron chi connectivity index (χ2n) is 6.07. The highest BCUT2D eigenvalue weighted by Gasteiger charge is 2.24. The van der Waals surface area contributed by atoms with Crippen molar-refractivity contribution in [3.8, 4) is 0 Å². The Morgan fingerprint density at radius 3 is 2.53 bits per heavy atom. The number of benzene rings is 1. The normalized spacial score (nSPS) is 15.6. The molecular formula is C15H21NO. The Kier molecular flexibility index (Phi) is 3.23. The van der Waals surface area contributed by atoms with E-state index in [4.69, 9.17) is 0 Å². The topological polar surface area (TPSA) is 20.3 Å². The molecule has 92 valence electrons. The summed E-state index contributed by atoms with van der Waals surface area (Å²) >= 11 is 0. The number of carbonyl (C=O) groups excluding carboxylic acids is 1. The first-order valence-electron chi connectivity index (χ1n) is 6.30. The second kappa shape index (κ2) is 4.52. The molecule has 2 nitrogen and oxygen atoms in total. The first kappa shape index (κ1) is 12.2. The maximum atomic E-state index is 12.1. The average molecular weight is 231 g/mol. The standard InChI is InChI=1S/C15H21NO/c1-15(2,3)10-14(17)16-9-8-12-6-4-5-7-13(12)11-16/h4-7H,8-11H2,1-3H3. The summed E-state index contributed by atoms with van der Waals surface area (Å²) in [6.45, 7) is 7.99. The number of carbonyl (C=O) groups is 1. The lowest BCUT2D eigenvalue weighted by molar-refractivity contribution is -0.134. The van der Waals surface area contributed by atoms with Gasteiger partial charge in [-0.3, -0.25) is 4.79 Å². The molecule has 2 heteroatoms. The summed E-state index contributed by atoms with van der Waals surface area (Å²) in [5, 5.41) is 0. The predicted octanol–water partition coefficient (Wildman–Crippen LogP) is 3.01. The van der Waals surface area contributed by atoms with Gasteiger partial charge >= 0.3 is 0 Å². The van der Waals surface area contributed by atoms with Crippen LogP contribution in [0.15, 0.2) is 24.3 Å². The molecule has 2 rings (SSSR count). The van der Waals surface area contributed by atoms with Crippen LogP contribution in [-0.2, 0) is 17.8 Å². The zero-order chi connectivity index (χ0) is 12.5. The van der Waals surface area contributed by atoms with Crippen LogP contribution in [0.1, 0.15) is 38.3 Å². The predicted molar refractivity (Wildman–Crippen MR) is 69.6 cm³/mol. The van der Waals surface area contributed by atoms with E-state index >= 15 is 0 Å². The summed E-state index contributed by atoms with van der Waals surface area (Å²) in [6.07, 6.45) is 1.63. The monoisotopic (exact) mass is 231 g/mol. The van der Waals surface area contributed by atoms with E-state index in [0.717, 1.165) is 19.5 Å². The van der Waals surface area contributed by atoms with E-state index in [9.17, 15) is 4.79 Å². The van der Waals surface area contributed by atoms with Crippen LogP contribution < -0.4 is 0 Å². The van der Waals surface area contributed by atoms with Gasteiger partial charge in [0.15, 0.2) is 0 Å². The van der Waals surface area contributed by atoms with Crippen molar-refractivity contribution in [2.75, 3.05) is 6.54 Å². The van der Waals surface area contributed by atoms with E-state index in [-0.39, 0.29) is 11.3 Å². The highest BCUT2D eigenvalue weighted by atomic mass is 16.2. The minimum atomic E-state index is 0.0774. The van der Waals surface area contributed by atoms with Crippen LogP contribution in [0.5, 0.6) is 0 Å². The molecular weight excluding hydrogens is 210 g/mol. The molecule has 0 radical (unpaired) electrons. The Labute approximate surface area is 104 Å². The molecule has 0 bridgehead atoms. The smallest absolute Gasteiger partial charge is 0.223 e. The van der Waals surface area contributed by atoms with Gasteiger partial charge in [0.1, 0.15) is 0 Å². The Hall–Kier alpha value is -1.31. The van der Waals surface area contributed by atoms with E-state index < -0.39 is 0 Å². The van der Waals surface area contributed by atoms with Crippen LogP contribution in [0, 0.1) is 5.41 Å². The van der Waals surface area contributed by atoms with Crippen molar-refractivity contribution in [2.45, 2.75) is 40.2 Å². The van der Waals surface area contributed by atoms with Crippen LogP contribution in [0.4, 0.5) is 0 Å². The molecule has 0 aromatic heterocycles. The maximum Gasteiger partial charge on any atom is 0.223 e. The third kappa shape index (κ3) is 3.09. The van der Waals surface area contributed by atoms with E-state index in [1.807, 2.05) is 4.90 Å². The lowest BCUT2D eigenvalue weighted by Crippen LogP contribution is -2.37. The molecule has 1 aromatic carbocycles. The molecule has 0 unspecified atom stereocenters. The van der Waals surface area contributed by atoms with Crippen molar-refractivity contribution in [1.82, 2.24) is 4.90 Å². The Morgan fingerprint density at radius 2 is 1.88 bits per heavy atom. The average Bonchev–Trinajstić information content (AvgIpc) is 2.26. The number of fused-ring (bicyclic) bond motifs is 1. The van der Waals surface area contributed by atoms with Gasteiger partial charge in [0.05, 0.1) is 0 Å². The highest BCUT2D eigenvalue weighted by Crippen LogP contribution is 2.23. The van der Waals surface area contributed by atoms with Gasteiger partial charge in [0.25, 0.3) is 0 Å². The fourth-order valence-corrected chi connectivity index (χ4v) is 2.27. The number of rotatable bonds is 1. The molecule has 0 saturated carbocycles. The lowest BCUT2D eigenvalue weighted by atomic mass is 9.91. The Balaban J connectivity index is 2.05. The molecule has 0 aliphatic carbocycles. The third-order valence-corrected chi connectivity index (χ3v) is 3.16. The van der Waals surface area contributed by atoms with Crippen LogP contribution in [-0.4, -0.2) is 17.4 Å². The minimum absolute atomic E-state index is 0.0774. The molecule has 0 fully saturated rings. The minimum Gasteiger partial charge on any atom is -0.338 e. The molecule has 1 aromatic rings. The molecule has 17 heavy (non-hydrogen) atoms. The number of amides is 1. The first-order valence-corrected chi connectivity index (χ1v) is 6.30. The van der Waals surface area contributed by atoms with Gasteiger partial charge in [0.2, 0.25) is 5.91 Å². The first-order chi connectivity index (χ1) is 7.96. The summed E-state index contributed by atoms with van der Waals surface area (Å²) in [5.41, 5.74) is 2.78. The molecule has 0 spiro atoms. The summed E-state index contributed by atoms with van der Waals surface area (Å²) in [6, 6.07) is 8.43. The molecule has 1 aliphatic heterocycles. The number of nitrogens with zero attached hydrogens (tertiary/aromatic N) is 1. The van der Waals surface area contributed by atoms with Crippen molar-refractivity contribution in [3.05, 3.63) is 35.4 Å². The van der Waals surface area contributed by atoms with Gasteiger partial charge in [0, 0.05) is 19.5 Å². The van der Waals surface area contributed by atoms with Crippen molar-refractivity contribution >= 4 is 5.91 Å². The molecule has 0 N–H and O–H groups in total. The number of hydrogen-bond acceptors (Lipinski definition) is 1. The summed E-state index contributed by atoms with van der Waals surface area (Å²) in [4.78, 5) is 14.1. The van der Waals surface area contributed by atoms with E-state index in [2.05, 4.69) is 45.0 Å². The largest absolute Gasteiger partial charge is 0.338 e. The zero-order valence-corrected chi connectivity index (χ0v) is 11.0. The molecule has 0 atom stereocenters. The van der Waals surface area contributed by atoms with Gasteiger partial charge in [-0.25, -0.2) is 0 Å². The van der Waals surface area contributed by atoms with Gasteiger partial charge in [-0.2, -0.15) is 0 Å². The lowest BCUT2D eigenvalue weighted by Gasteiger charge is -2.31. The third-order valence-electron chi connectivity index (χ3n) is 3.16. The Morgan fingerprint density at radius 1 is 1.24 bits per heavy atom. The van der Waals surface area contributed by atoms with Crippen LogP contribution >= 0.6 is 0 Å². The quantitative estimate of drug-likeness (QED) is 0.727. The van der Waals surface area contributed by atoms with Gasteiger partial charge in [-0.15, -0.1) is 0 Å². The zero-order valence-electron chi connectivity index (χ0n) is 11.0. The van der Waals surface area contributed by atoms with Crippen LogP contribution in [0.25, 0.3) is 0 Å². The fourth-order valence-electron chi connectivity index (χ4n) is 2.27. The number of hydrogen-bond donors (Lipinski definition) is 0. The van der Waals surface area contributed by atoms with E-state index in [1.165, 1.54) is 11.1 Å². The van der Waals surface area contributed by atoms with Crippen LogP contribution in [0.3, 0.4) is 0 Å². The maximum absolute atomic E-state index is 12.1. The second-order valence-corrected chi connectivity index (χ2v) is 6.07. The molecule has 0 saturated heterocycles. The highest BCUT2D eigenvalue weighted by molar-refractivity contribution is 5.77. The van der Waals surface area contributed by atoms with Gasteiger partial charge in [-0.1, -0.05) is 45.0 Å². The van der Waals surface area contributed by atoms with Gasteiger partial charge < -0.3 is 4.90 Å². The van der Waals surface area contributed by atoms with Crippen molar-refractivity contribution in [3.63, 3.8) is 0 Å². The summed E-state index contributed by atoms with van der Waals surface area (Å²) < 4.78 is 0. The molecule has 1 heterocycles. The van der Waals surface area contributed by atoms with Crippen LogP contribution in [0.2, 0.25) is 0 Å². The SMILES string of the molecule is CC(C)(C)CC(=O)N1CCc2ccccc2C1. The Bertz CT molecular complexity index is 417. The van der Waals surface area contributed by atoms with Crippen molar-refractivity contribution in [2.24, 2.45) is 5.41 Å². The summed E-state index contributed by atoms with van der Waals surface area (Å²) in [5.74, 6) is 0.284. The summed E-state index contributed by atoms with van der Waals surface area (Å²) in [7, 11) is 0. The van der Waals surface area contributed by atoms with Crippen molar-refractivity contribution in [1.29, 1.82) is 0 Å². The van der Waals surface area contributed by atoms with E-state index in [0.29, 0.717) is 6.42 Å². The van der Waals surface area contributed by atoms with Crippen molar-refractivity contribution < 1.29 is 4.79 Å². The molecule has 1 amide bonds. The van der Waals surface area contributed by atoms with Gasteiger partial charge in [-0.05, 0) is 23.0 Å².